The highest BCUT2D eigenvalue weighted by atomic mass is 32.2. The zero-order chi connectivity index (χ0) is 19.7. The van der Waals surface area contributed by atoms with Gasteiger partial charge < -0.3 is 15.4 Å². The lowest BCUT2D eigenvalue weighted by atomic mass is 10.1. The number of nitrogens with one attached hydrogen (secondary N) is 2. The van der Waals surface area contributed by atoms with Crippen LogP contribution in [0.25, 0.3) is 0 Å². The summed E-state index contributed by atoms with van der Waals surface area (Å²) in [5, 5.41) is 6.44. The molecule has 1 atom stereocenters. The van der Waals surface area contributed by atoms with Gasteiger partial charge in [0.15, 0.2) is 5.96 Å². The number of hydrogen-bond acceptors (Lipinski definition) is 4. The fourth-order valence-electron chi connectivity index (χ4n) is 2.50. The standard InChI is InChI=1S/C19H33N3O3S/c1-14-12-15(2)17(4)18(13-14)25-10-7-9-21-19(20-5)22-16(3)8-11-26(6,23)24/h12-13,16H,7-11H2,1-6H3,(H2,20,21,22). The van der Waals surface area contributed by atoms with Crippen LogP contribution in [0.3, 0.4) is 0 Å². The number of ether oxygens (including phenoxy) is 1. The fraction of sp³-hybridized carbons (Fsp3) is 0.632. The topological polar surface area (TPSA) is 79.8 Å². The first-order chi connectivity index (χ1) is 12.1. The monoisotopic (exact) mass is 383 g/mol. The van der Waals surface area contributed by atoms with Crippen LogP contribution in [0.15, 0.2) is 17.1 Å². The molecule has 1 rings (SSSR count). The number of benzene rings is 1. The number of aliphatic imine (C=N–C) groups is 1. The Morgan fingerprint density at radius 3 is 2.58 bits per heavy atom. The number of hydrogen-bond donors (Lipinski definition) is 2. The molecule has 0 spiro atoms. The number of aryl methyl sites for hydroxylation is 2. The quantitative estimate of drug-likeness (QED) is 0.389. The molecule has 0 heterocycles. The van der Waals surface area contributed by atoms with Crippen LogP contribution in [-0.2, 0) is 9.84 Å². The second kappa shape index (κ2) is 10.4. The Bertz CT molecular complexity index is 715. The van der Waals surface area contributed by atoms with Crippen LogP contribution in [0, 0.1) is 20.8 Å². The molecule has 2 N–H and O–H groups in total. The van der Waals surface area contributed by atoms with Gasteiger partial charge in [0.1, 0.15) is 15.6 Å². The molecular formula is C19H33N3O3S. The maximum Gasteiger partial charge on any atom is 0.191 e. The summed E-state index contributed by atoms with van der Waals surface area (Å²) in [5.74, 6) is 1.79. The molecule has 1 aromatic rings. The number of guanidine groups is 1. The van der Waals surface area contributed by atoms with E-state index < -0.39 is 9.84 Å². The SMILES string of the molecule is CN=C(NCCCOc1cc(C)cc(C)c1C)NC(C)CCS(C)(=O)=O. The van der Waals surface area contributed by atoms with Crippen molar-refractivity contribution in [3.63, 3.8) is 0 Å². The van der Waals surface area contributed by atoms with Gasteiger partial charge in [-0.25, -0.2) is 8.42 Å². The first-order valence-electron chi connectivity index (χ1n) is 8.98. The lowest BCUT2D eigenvalue weighted by molar-refractivity contribution is 0.308. The minimum Gasteiger partial charge on any atom is -0.493 e. The second-order valence-electron chi connectivity index (χ2n) is 6.87. The van der Waals surface area contributed by atoms with Crippen molar-refractivity contribution < 1.29 is 13.2 Å². The molecule has 0 aromatic heterocycles. The Morgan fingerprint density at radius 1 is 1.27 bits per heavy atom. The van der Waals surface area contributed by atoms with E-state index in [1.165, 1.54) is 22.9 Å². The average Bonchev–Trinajstić information content (AvgIpc) is 2.55. The molecule has 1 unspecified atom stereocenters. The van der Waals surface area contributed by atoms with Crippen molar-refractivity contribution >= 4 is 15.8 Å². The van der Waals surface area contributed by atoms with Crippen LogP contribution in [0.1, 0.15) is 36.5 Å². The molecule has 0 saturated carbocycles. The fourth-order valence-corrected chi connectivity index (χ4v) is 3.28. The van der Waals surface area contributed by atoms with E-state index in [1.54, 1.807) is 7.05 Å². The molecular weight excluding hydrogens is 350 g/mol. The summed E-state index contributed by atoms with van der Waals surface area (Å²) in [4.78, 5) is 4.17. The molecule has 0 amide bonds. The van der Waals surface area contributed by atoms with E-state index in [1.807, 2.05) is 6.92 Å². The van der Waals surface area contributed by atoms with Crippen molar-refractivity contribution in [1.82, 2.24) is 10.6 Å². The minimum atomic E-state index is -2.94. The van der Waals surface area contributed by atoms with Gasteiger partial charge in [0.25, 0.3) is 0 Å². The Balaban J connectivity index is 2.33. The maximum atomic E-state index is 11.2. The summed E-state index contributed by atoms with van der Waals surface area (Å²) in [6, 6.07) is 4.26. The summed E-state index contributed by atoms with van der Waals surface area (Å²) in [5.41, 5.74) is 3.63. The van der Waals surface area contributed by atoms with Gasteiger partial charge in [0.2, 0.25) is 0 Å². The van der Waals surface area contributed by atoms with E-state index in [0.29, 0.717) is 19.0 Å². The predicted molar refractivity (Wildman–Crippen MR) is 109 cm³/mol. The summed E-state index contributed by atoms with van der Waals surface area (Å²) in [6.45, 7) is 9.54. The zero-order valence-corrected chi connectivity index (χ0v) is 17.7. The lowest BCUT2D eigenvalue weighted by Gasteiger charge is -2.18. The number of nitrogens with zero attached hydrogens (tertiary/aromatic N) is 1. The van der Waals surface area contributed by atoms with Gasteiger partial charge in [-0.3, -0.25) is 4.99 Å². The van der Waals surface area contributed by atoms with Gasteiger partial charge >= 0.3 is 0 Å². The van der Waals surface area contributed by atoms with Crippen molar-refractivity contribution in [2.24, 2.45) is 4.99 Å². The smallest absolute Gasteiger partial charge is 0.191 e. The molecule has 0 aliphatic heterocycles. The molecule has 0 saturated heterocycles. The lowest BCUT2D eigenvalue weighted by Crippen LogP contribution is -2.43. The van der Waals surface area contributed by atoms with Gasteiger partial charge in [0.05, 0.1) is 12.4 Å². The molecule has 0 radical (unpaired) electrons. The largest absolute Gasteiger partial charge is 0.493 e. The average molecular weight is 384 g/mol. The molecule has 0 aliphatic rings. The minimum absolute atomic E-state index is 0.0325. The van der Waals surface area contributed by atoms with Gasteiger partial charge in [-0.1, -0.05) is 6.07 Å². The van der Waals surface area contributed by atoms with Crippen LogP contribution >= 0.6 is 0 Å². The van der Waals surface area contributed by atoms with Crippen molar-refractivity contribution in [3.8, 4) is 5.75 Å². The highest BCUT2D eigenvalue weighted by Gasteiger charge is 2.09. The third-order valence-corrected chi connectivity index (χ3v) is 5.14. The molecule has 7 heteroatoms. The number of sulfone groups is 1. The second-order valence-corrected chi connectivity index (χ2v) is 9.13. The van der Waals surface area contributed by atoms with Gasteiger partial charge in [0, 0.05) is 25.9 Å². The van der Waals surface area contributed by atoms with Gasteiger partial charge in [-0.15, -0.1) is 0 Å². The van der Waals surface area contributed by atoms with Crippen LogP contribution in [-0.4, -0.2) is 52.6 Å². The Labute approximate surface area is 158 Å². The van der Waals surface area contributed by atoms with Crippen LogP contribution in [0.2, 0.25) is 0 Å². The van der Waals surface area contributed by atoms with Crippen LogP contribution in [0.5, 0.6) is 5.75 Å². The summed E-state index contributed by atoms with van der Waals surface area (Å²) >= 11 is 0. The first kappa shape index (κ1) is 22.3. The van der Waals surface area contributed by atoms with Crippen LogP contribution in [0.4, 0.5) is 0 Å². The van der Waals surface area contributed by atoms with E-state index in [4.69, 9.17) is 4.74 Å². The summed E-state index contributed by atoms with van der Waals surface area (Å²) in [6.07, 6.45) is 2.64. The van der Waals surface area contributed by atoms with Crippen LogP contribution < -0.4 is 15.4 Å². The third-order valence-electron chi connectivity index (χ3n) is 4.16. The molecule has 26 heavy (non-hydrogen) atoms. The van der Waals surface area contributed by atoms with Gasteiger partial charge in [-0.2, -0.15) is 0 Å². The van der Waals surface area contributed by atoms with Crippen molar-refractivity contribution in [2.45, 2.75) is 46.6 Å². The first-order valence-corrected chi connectivity index (χ1v) is 11.0. The van der Waals surface area contributed by atoms with E-state index in [9.17, 15) is 8.42 Å². The summed E-state index contributed by atoms with van der Waals surface area (Å²) in [7, 11) is -1.24. The Kier molecular flexibility index (Phi) is 8.92. The highest BCUT2D eigenvalue weighted by Crippen LogP contribution is 2.23. The molecule has 0 fully saturated rings. The molecule has 0 aliphatic carbocycles. The van der Waals surface area contributed by atoms with E-state index >= 15 is 0 Å². The maximum absolute atomic E-state index is 11.2. The molecule has 1 aromatic carbocycles. The van der Waals surface area contributed by atoms with Crippen molar-refractivity contribution in [3.05, 3.63) is 28.8 Å². The predicted octanol–water partition coefficient (Wildman–Crippen LogP) is 2.37. The molecule has 148 valence electrons. The van der Waals surface area contributed by atoms with E-state index in [0.717, 1.165) is 18.7 Å². The van der Waals surface area contributed by atoms with E-state index in [-0.39, 0.29) is 11.8 Å². The molecule has 0 bridgehead atoms. The van der Waals surface area contributed by atoms with Crippen molar-refractivity contribution in [2.75, 3.05) is 32.2 Å². The van der Waals surface area contributed by atoms with Gasteiger partial charge in [-0.05, 0) is 63.3 Å². The third kappa shape index (κ3) is 8.56. The zero-order valence-electron chi connectivity index (χ0n) is 16.8. The normalized spacial score (nSPS) is 13.4. The van der Waals surface area contributed by atoms with Crippen molar-refractivity contribution in [1.29, 1.82) is 0 Å². The van der Waals surface area contributed by atoms with E-state index in [2.05, 4.69) is 48.5 Å². The summed E-state index contributed by atoms with van der Waals surface area (Å²) < 4.78 is 28.4. The Morgan fingerprint density at radius 2 is 1.96 bits per heavy atom. The molecule has 6 nitrogen and oxygen atoms in total. The number of rotatable bonds is 9. The highest BCUT2D eigenvalue weighted by molar-refractivity contribution is 7.90. The Hall–Kier alpha value is -1.76.